The van der Waals surface area contributed by atoms with Crippen LogP contribution in [0.25, 0.3) is 0 Å². The Kier molecular flexibility index (Phi) is 6.01. The lowest BCUT2D eigenvalue weighted by molar-refractivity contribution is -0.384. The highest BCUT2D eigenvalue weighted by molar-refractivity contribution is 8.77. The Morgan fingerprint density at radius 3 is 2.63 bits per heavy atom. The van der Waals surface area contributed by atoms with E-state index in [0.717, 1.165) is 4.90 Å². The quantitative estimate of drug-likeness (QED) is 0.352. The minimum atomic E-state index is -1.03. The van der Waals surface area contributed by atoms with Crippen LogP contribution in [0.3, 0.4) is 0 Å². The second kappa shape index (κ2) is 8.27. The van der Waals surface area contributed by atoms with Crippen molar-refractivity contribution in [2.45, 2.75) is 28.6 Å². The van der Waals surface area contributed by atoms with Gasteiger partial charge in [0.1, 0.15) is 11.9 Å². The molecule has 27 heavy (non-hydrogen) atoms. The molecule has 4 N–H and O–H groups in total. The average Bonchev–Trinajstić information content (AvgIpc) is 2.96. The first-order valence-electron chi connectivity index (χ1n) is 7.77. The summed E-state index contributed by atoms with van der Waals surface area (Å²) in [4.78, 5) is 26.7. The van der Waals surface area contributed by atoms with Crippen LogP contribution in [0, 0.1) is 10.1 Å². The second-order valence-corrected chi connectivity index (χ2v) is 8.13. The van der Waals surface area contributed by atoms with Gasteiger partial charge in [0.2, 0.25) is 0 Å². The monoisotopic (exact) mass is 412 g/mol. The molecule has 3 rings (SSSR count). The van der Waals surface area contributed by atoms with Crippen LogP contribution in [0.2, 0.25) is 0 Å². The molecule has 0 bridgehead atoms. The Bertz CT molecular complexity index is 877. The maximum atomic E-state index is 12.1. The minimum Gasteiger partial charge on any atom is -0.394 e. The first kappa shape index (κ1) is 19.6. The van der Waals surface area contributed by atoms with Crippen LogP contribution in [0.1, 0.15) is 6.23 Å². The Morgan fingerprint density at radius 1 is 1.33 bits per heavy atom. The molecule has 2 unspecified atom stereocenters. The lowest BCUT2D eigenvalue weighted by Crippen LogP contribution is -2.34. The number of nitrogens with two attached hydrogens (primary N) is 1. The van der Waals surface area contributed by atoms with Gasteiger partial charge in [-0.1, -0.05) is 21.6 Å². The highest BCUT2D eigenvalue weighted by Gasteiger charge is 2.45. The van der Waals surface area contributed by atoms with Crippen LogP contribution in [0.15, 0.2) is 46.2 Å². The Hall–Kier alpha value is -2.12. The maximum absolute atomic E-state index is 12.1. The summed E-state index contributed by atoms with van der Waals surface area (Å²) < 4.78 is 6.85. The summed E-state index contributed by atoms with van der Waals surface area (Å²) in [5, 5.41) is 30.0. The molecule has 10 nitrogen and oxygen atoms in total. The van der Waals surface area contributed by atoms with Crippen molar-refractivity contribution in [3.05, 3.63) is 57.1 Å². The molecule has 1 fully saturated rings. The molecule has 1 aromatic heterocycles. The topological polar surface area (TPSA) is 154 Å². The fourth-order valence-electron chi connectivity index (χ4n) is 2.55. The minimum absolute atomic E-state index is 0.0219. The van der Waals surface area contributed by atoms with Crippen molar-refractivity contribution in [1.29, 1.82) is 0 Å². The summed E-state index contributed by atoms with van der Waals surface area (Å²) in [5.41, 5.74) is 4.85. The third kappa shape index (κ3) is 4.25. The highest BCUT2D eigenvalue weighted by atomic mass is 33.1. The molecule has 0 radical (unpaired) electrons. The number of ether oxygens (including phenoxy) is 1. The zero-order chi connectivity index (χ0) is 19.6. The molecule has 1 aliphatic heterocycles. The predicted octanol–water partition coefficient (Wildman–Crippen LogP) is 0.793. The third-order valence-corrected chi connectivity index (χ3v) is 6.75. The van der Waals surface area contributed by atoms with E-state index in [1.165, 1.54) is 50.6 Å². The van der Waals surface area contributed by atoms with Crippen molar-refractivity contribution >= 4 is 33.1 Å². The van der Waals surface area contributed by atoms with E-state index in [1.54, 1.807) is 12.1 Å². The largest absolute Gasteiger partial charge is 0.394 e. The Morgan fingerprint density at radius 2 is 2.04 bits per heavy atom. The Balaban J connectivity index is 1.79. The van der Waals surface area contributed by atoms with Gasteiger partial charge in [-0.05, 0) is 18.2 Å². The van der Waals surface area contributed by atoms with Gasteiger partial charge in [-0.2, -0.15) is 4.98 Å². The number of benzene rings is 1. The fraction of sp³-hybridized carbons (Fsp3) is 0.333. The Labute approximate surface area is 160 Å². The number of nitro groups is 1. The first-order chi connectivity index (χ1) is 12.9. The number of aromatic nitrogens is 2. The summed E-state index contributed by atoms with van der Waals surface area (Å²) in [7, 11) is 2.51. The molecule has 144 valence electrons. The lowest BCUT2D eigenvalue weighted by atomic mass is 10.2. The molecule has 0 amide bonds. The average molecular weight is 412 g/mol. The molecule has 1 saturated heterocycles. The third-order valence-electron chi connectivity index (χ3n) is 3.92. The van der Waals surface area contributed by atoms with E-state index >= 15 is 0 Å². The highest BCUT2D eigenvalue weighted by Crippen LogP contribution is 2.45. The summed E-state index contributed by atoms with van der Waals surface area (Å²) in [6.07, 6.45) is -1.31. The zero-order valence-corrected chi connectivity index (χ0v) is 15.4. The van der Waals surface area contributed by atoms with Gasteiger partial charge in [-0.25, -0.2) is 4.79 Å². The van der Waals surface area contributed by atoms with E-state index in [0.29, 0.717) is 0 Å². The van der Waals surface area contributed by atoms with Crippen LogP contribution in [-0.4, -0.2) is 48.8 Å². The van der Waals surface area contributed by atoms with E-state index < -0.39 is 40.9 Å². The van der Waals surface area contributed by atoms with Crippen LogP contribution >= 0.6 is 21.6 Å². The number of aliphatic hydroxyl groups excluding tert-OH is 2. The van der Waals surface area contributed by atoms with Gasteiger partial charge in [0.05, 0.1) is 22.9 Å². The molecule has 4 atom stereocenters. The van der Waals surface area contributed by atoms with E-state index in [-0.39, 0.29) is 11.5 Å². The molecule has 12 heteroatoms. The summed E-state index contributed by atoms with van der Waals surface area (Å²) in [6, 6.07) is 7.38. The van der Waals surface area contributed by atoms with Crippen LogP contribution in [0.5, 0.6) is 0 Å². The van der Waals surface area contributed by atoms with Crippen molar-refractivity contribution in [3.63, 3.8) is 0 Å². The molecule has 0 aliphatic carbocycles. The van der Waals surface area contributed by atoms with E-state index in [2.05, 4.69) is 4.98 Å². The van der Waals surface area contributed by atoms with Gasteiger partial charge in [0.25, 0.3) is 5.69 Å². The molecule has 0 spiro atoms. The molecular weight excluding hydrogens is 396 g/mol. The fourth-order valence-corrected chi connectivity index (χ4v) is 5.23. The van der Waals surface area contributed by atoms with Crippen molar-refractivity contribution in [1.82, 2.24) is 9.55 Å². The lowest BCUT2D eigenvalue weighted by Gasteiger charge is -2.20. The number of nitrogen functional groups attached to an aromatic ring is 1. The number of nitrogens with zero attached hydrogens (tertiary/aromatic N) is 3. The predicted molar refractivity (Wildman–Crippen MR) is 100 cm³/mol. The van der Waals surface area contributed by atoms with Crippen LogP contribution in [-0.2, 0) is 4.74 Å². The van der Waals surface area contributed by atoms with Crippen LogP contribution < -0.4 is 11.4 Å². The summed E-state index contributed by atoms with van der Waals surface area (Å²) in [5.74, 6) is 0.0676. The van der Waals surface area contributed by atoms with Crippen LogP contribution in [0.4, 0.5) is 11.5 Å². The van der Waals surface area contributed by atoms with E-state index in [1.807, 2.05) is 0 Å². The maximum Gasteiger partial charge on any atom is 0.351 e. The molecule has 2 heterocycles. The number of nitro benzene ring substituents is 1. The number of non-ortho nitro benzene ring substituents is 1. The van der Waals surface area contributed by atoms with Gasteiger partial charge in [-0.3, -0.25) is 14.7 Å². The van der Waals surface area contributed by atoms with E-state index in [4.69, 9.17) is 10.5 Å². The zero-order valence-electron chi connectivity index (χ0n) is 13.7. The first-order valence-corrected chi connectivity index (χ1v) is 9.99. The molecule has 1 aromatic carbocycles. The van der Waals surface area contributed by atoms with Gasteiger partial charge in [-0.15, -0.1) is 0 Å². The number of hydrogen-bond acceptors (Lipinski definition) is 10. The summed E-state index contributed by atoms with van der Waals surface area (Å²) >= 11 is 0. The molecule has 1 aliphatic rings. The van der Waals surface area contributed by atoms with Gasteiger partial charge in [0.15, 0.2) is 6.23 Å². The number of aliphatic hydroxyl groups is 2. The number of hydrogen-bond donors (Lipinski definition) is 3. The summed E-state index contributed by atoms with van der Waals surface area (Å²) in [6.45, 7) is -0.409. The smallest absolute Gasteiger partial charge is 0.351 e. The van der Waals surface area contributed by atoms with E-state index in [9.17, 15) is 25.1 Å². The molecule has 2 aromatic rings. The van der Waals surface area contributed by atoms with Gasteiger partial charge in [0, 0.05) is 23.2 Å². The van der Waals surface area contributed by atoms with Crippen molar-refractivity contribution < 1.29 is 19.9 Å². The standard InChI is InChI=1S/C15H16N4O6S2/c16-11-5-6-18(15(22)17-11)14-13(12(21)10(7-20)25-14)27-26-9-3-1-8(2-4-9)19(23)24/h1-6,10,12-14,20-21H,7H2,(H2,16,17,22)/t10-,12?,13?,14-/m1/s1. The molecular formula is C15H16N4O6S2. The van der Waals surface area contributed by atoms with Crippen molar-refractivity contribution in [3.8, 4) is 0 Å². The van der Waals surface area contributed by atoms with Crippen molar-refractivity contribution in [2.24, 2.45) is 0 Å². The SMILES string of the molecule is Nc1ccn([C@@H]2O[C@H](CO)C(O)C2SSc2ccc([N+](=O)[O-])cc2)c(=O)n1. The second-order valence-electron chi connectivity index (χ2n) is 5.68. The number of rotatable bonds is 6. The normalized spacial score (nSPS) is 24.8. The van der Waals surface area contributed by atoms with Gasteiger partial charge < -0.3 is 20.7 Å². The van der Waals surface area contributed by atoms with Crippen molar-refractivity contribution in [2.75, 3.05) is 12.3 Å². The molecule has 0 saturated carbocycles. The van der Waals surface area contributed by atoms with Gasteiger partial charge >= 0.3 is 5.69 Å². The number of anilines is 1.